The minimum absolute atomic E-state index is 0.106. The molecule has 110 valence electrons. The molecule has 1 N–H and O–H groups in total. The number of aryl methyl sites for hydroxylation is 1. The van der Waals surface area contributed by atoms with E-state index in [0.29, 0.717) is 19.0 Å². The third kappa shape index (κ3) is 2.09. The number of amides is 1. The van der Waals surface area contributed by atoms with Crippen molar-refractivity contribution in [3.63, 3.8) is 0 Å². The van der Waals surface area contributed by atoms with E-state index in [1.54, 1.807) is 11.3 Å². The molecule has 0 aromatic carbocycles. The highest BCUT2D eigenvalue weighted by Crippen LogP contribution is 2.47. The topological polar surface area (TPSA) is 40.5 Å². The Morgan fingerprint density at radius 1 is 1.55 bits per heavy atom. The van der Waals surface area contributed by atoms with Gasteiger partial charge in [-0.1, -0.05) is 13.8 Å². The summed E-state index contributed by atoms with van der Waals surface area (Å²) in [6.45, 7) is 7.44. The van der Waals surface area contributed by atoms with Crippen LogP contribution in [-0.2, 0) is 6.42 Å². The Kier molecular flexibility index (Phi) is 3.41. The van der Waals surface area contributed by atoms with Crippen LogP contribution in [0.1, 0.15) is 47.5 Å². The fourth-order valence-electron chi connectivity index (χ4n) is 3.55. The van der Waals surface area contributed by atoms with Crippen LogP contribution in [0.4, 0.5) is 0 Å². The van der Waals surface area contributed by atoms with Crippen LogP contribution in [0.3, 0.4) is 0 Å². The lowest BCUT2D eigenvalue weighted by molar-refractivity contribution is -0.00364. The standard InChI is InChI=1S/C16H23NO2S/c1-4-13-11(3)20-8-14(13)15(18)17-7-10(2)16(19,9-17)12-5-6-12/h8,10,12,19H,4-7,9H2,1-3H3/t10-,16+/m1/s1. The van der Waals surface area contributed by atoms with E-state index in [2.05, 4.69) is 20.8 Å². The third-order valence-electron chi connectivity index (χ3n) is 5.05. The maximum Gasteiger partial charge on any atom is 0.255 e. The minimum Gasteiger partial charge on any atom is -0.387 e. The minimum atomic E-state index is -0.646. The molecule has 0 unspecified atom stereocenters. The Balaban J connectivity index is 1.82. The van der Waals surface area contributed by atoms with Crippen LogP contribution in [0.5, 0.6) is 0 Å². The van der Waals surface area contributed by atoms with Gasteiger partial charge < -0.3 is 10.0 Å². The zero-order valence-corrected chi connectivity index (χ0v) is 13.3. The summed E-state index contributed by atoms with van der Waals surface area (Å²) >= 11 is 1.65. The summed E-state index contributed by atoms with van der Waals surface area (Å²) in [5.74, 6) is 0.698. The molecule has 2 heterocycles. The third-order valence-corrected chi connectivity index (χ3v) is 6.00. The van der Waals surface area contributed by atoms with Gasteiger partial charge in [0.05, 0.1) is 17.7 Å². The van der Waals surface area contributed by atoms with E-state index in [1.165, 1.54) is 10.4 Å². The molecule has 2 aliphatic rings. The van der Waals surface area contributed by atoms with E-state index in [1.807, 2.05) is 10.3 Å². The summed E-state index contributed by atoms with van der Waals surface area (Å²) in [6, 6.07) is 0. The summed E-state index contributed by atoms with van der Waals surface area (Å²) in [5.41, 5.74) is 1.38. The van der Waals surface area contributed by atoms with E-state index in [4.69, 9.17) is 0 Å². The molecule has 2 fully saturated rings. The number of hydrogen-bond acceptors (Lipinski definition) is 3. The molecule has 1 amide bonds. The Morgan fingerprint density at radius 2 is 2.25 bits per heavy atom. The van der Waals surface area contributed by atoms with Crippen LogP contribution in [-0.4, -0.2) is 34.6 Å². The number of thiophene rings is 1. The van der Waals surface area contributed by atoms with Gasteiger partial charge in [0.25, 0.3) is 5.91 Å². The molecule has 1 aromatic heterocycles. The van der Waals surface area contributed by atoms with Crippen molar-refractivity contribution in [2.45, 2.75) is 45.6 Å². The summed E-state index contributed by atoms with van der Waals surface area (Å²) in [6.07, 6.45) is 3.12. The predicted octanol–water partition coefficient (Wildman–Crippen LogP) is 2.85. The number of nitrogens with zero attached hydrogens (tertiary/aromatic N) is 1. The summed E-state index contributed by atoms with van der Waals surface area (Å²) in [7, 11) is 0. The molecule has 0 bridgehead atoms. The number of β-amino-alcohol motifs (C(OH)–C–C–N with tert-alkyl or cyclic N) is 1. The Hall–Kier alpha value is -0.870. The van der Waals surface area contributed by atoms with E-state index in [-0.39, 0.29) is 11.8 Å². The zero-order valence-electron chi connectivity index (χ0n) is 12.5. The number of rotatable bonds is 3. The number of likely N-dealkylation sites (tertiary alicyclic amines) is 1. The van der Waals surface area contributed by atoms with Crippen molar-refractivity contribution in [1.82, 2.24) is 4.90 Å². The smallest absolute Gasteiger partial charge is 0.255 e. The predicted molar refractivity (Wildman–Crippen MR) is 81.2 cm³/mol. The largest absolute Gasteiger partial charge is 0.387 e. The van der Waals surface area contributed by atoms with Crippen LogP contribution in [0.2, 0.25) is 0 Å². The van der Waals surface area contributed by atoms with Crippen molar-refractivity contribution in [2.24, 2.45) is 11.8 Å². The van der Waals surface area contributed by atoms with Crippen LogP contribution in [0.15, 0.2) is 5.38 Å². The second-order valence-electron chi connectivity index (χ2n) is 6.39. The highest BCUT2D eigenvalue weighted by atomic mass is 32.1. The summed E-state index contributed by atoms with van der Waals surface area (Å²) < 4.78 is 0. The van der Waals surface area contributed by atoms with Gasteiger partial charge in [-0.05, 0) is 37.7 Å². The fraction of sp³-hybridized carbons (Fsp3) is 0.688. The quantitative estimate of drug-likeness (QED) is 0.931. The summed E-state index contributed by atoms with van der Waals surface area (Å²) in [4.78, 5) is 15.8. The SMILES string of the molecule is CCc1c(C(=O)N2C[C@@H](C)[C@](O)(C3CC3)C2)csc1C. The van der Waals surface area contributed by atoms with Gasteiger partial charge in [0, 0.05) is 22.7 Å². The zero-order chi connectivity index (χ0) is 14.5. The molecule has 0 spiro atoms. The molecule has 3 rings (SSSR count). The van der Waals surface area contributed by atoms with Crippen molar-refractivity contribution < 1.29 is 9.90 Å². The highest BCUT2D eigenvalue weighted by molar-refractivity contribution is 7.10. The first-order chi connectivity index (χ1) is 9.47. The Morgan fingerprint density at radius 3 is 2.85 bits per heavy atom. The fourth-order valence-corrected chi connectivity index (χ4v) is 4.49. The van der Waals surface area contributed by atoms with Gasteiger partial charge in [0.2, 0.25) is 0 Å². The van der Waals surface area contributed by atoms with Crippen molar-refractivity contribution in [3.05, 3.63) is 21.4 Å². The molecule has 1 aliphatic heterocycles. The van der Waals surface area contributed by atoms with E-state index < -0.39 is 5.60 Å². The van der Waals surface area contributed by atoms with E-state index in [9.17, 15) is 9.90 Å². The molecule has 1 aliphatic carbocycles. The van der Waals surface area contributed by atoms with E-state index in [0.717, 1.165) is 24.8 Å². The number of carbonyl (C=O) groups excluding carboxylic acids is 1. The second kappa shape index (κ2) is 4.85. The van der Waals surface area contributed by atoms with Gasteiger partial charge >= 0.3 is 0 Å². The average Bonchev–Trinajstić information content (AvgIpc) is 3.15. The highest BCUT2D eigenvalue weighted by Gasteiger charge is 2.53. The lowest BCUT2D eigenvalue weighted by atomic mass is 9.88. The first-order valence-corrected chi connectivity index (χ1v) is 8.44. The van der Waals surface area contributed by atoms with Crippen LogP contribution in [0, 0.1) is 18.8 Å². The molecule has 20 heavy (non-hydrogen) atoms. The van der Waals surface area contributed by atoms with Crippen LogP contribution >= 0.6 is 11.3 Å². The van der Waals surface area contributed by atoms with Gasteiger partial charge in [0.1, 0.15) is 0 Å². The number of aliphatic hydroxyl groups is 1. The molecule has 1 saturated heterocycles. The lowest BCUT2D eigenvalue weighted by Gasteiger charge is -2.26. The van der Waals surface area contributed by atoms with Crippen molar-refractivity contribution in [1.29, 1.82) is 0 Å². The molecule has 1 saturated carbocycles. The molecule has 3 nitrogen and oxygen atoms in total. The Labute approximate surface area is 124 Å². The maximum atomic E-state index is 12.7. The van der Waals surface area contributed by atoms with E-state index >= 15 is 0 Å². The van der Waals surface area contributed by atoms with Gasteiger partial charge in [-0.15, -0.1) is 11.3 Å². The van der Waals surface area contributed by atoms with Gasteiger partial charge in [-0.3, -0.25) is 4.79 Å². The average molecular weight is 293 g/mol. The first kappa shape index (κ1) is 14.1. The van der Waals surface area contributed by atoms with Gasteiger partial charge in [-0.25, -0.2) is 0 Å². The van der Waals surface area contributed by atoms with Crippen LogP contribution in [0.25, 0.3) is 0 Å². The molecule has 4 heteroatoms. The number of hydrogen-bond donors (Lipinski definition) is 1. The number of carbonyl (C=O) groups is 1. The normalized spacial score (nSPS) is 30.0. The molecule has 2 atom stereocenters. The molecule has 1 aromatic rings. The molecular weight excluding hydrogens is 270 g/mol. The summed E-state index contributed by atoms with van der Waals surface area (Å²) in [5, 5.41) is 12.8. The second-order valence-corrected chi connectivity index (χ2v) is 7.47. The maximum absolute atomic E-state index is 12.7. The Bertz CT molecular complexity index is 535. The van der Waals surface area contributed by atoms with Crippen molar-refractivity contribution in [2.75, 3.05) is 13.1 Å². The van der Waals surface area contributed by atoms with Gasteiger partial charge in [-0.2, -0.15) is 0 Å². The van der Waals surface area contributed by atoms with Gasteiger partial charge in [0.15, 0.2) is 0 Å². The molecular formula is C16H23NO2S. The lowest BCUT2D eigenvalue weighted by Crippen LogP contribution is -2.40. The molecule has 0 radical (unpaired) electrons. The van der Waals surface area contributed by atoms with Crippen molar-refractivity contribution in [3.8, 4) is 0 Å². The van der Waals surface area contributed by atoms with Crippen LogP contribution < -0.4 is 0 Å². The van der Waals surface area contributed by atoms with Crippen molar-refractivity contribution >= 4 is 17.2 Å². The first-order valence-electron chi connectivity index (χ1n) is 7.56. The monoisotopic (exact) mass is 293 g/mol.